The van der Waals surface area contributed by atoms with Crippen molar-refractivity contribution in [1.82, 2.24) is 5.32 Å². The third-order valence-corrected chi connectivity index (χ3v) is 6.46. The zero-order valence-electron chi connectivity index (χ0n) is 18.5. The molecule has 0 bridgehead atoms. The number of thioether (sulfide) groups is 1. The van der Waals surface area contributed by atoms with Crippen LogP contribution < -0.4 is 14.8 Å². The molecule has 2 aromatic rings. The maximum atomic E-state index is 13.0. The molecule has 1 N–H and O–H groups in total. The highest BCUT2D eigenvalue weighted by Crippen LogP contribution is 2.27. The lowest BCUT2D eigenvalue weighted by atomic mass is 10.2. The van der Waals surface area contributed by atoms with Gasteiger partial charge in [-0.25, -0.2) is 0 Å². The van der Waals surface area contributed by atoms with Crippen molar-refractivity contribution in [3.8, 4) is 11.5 Å². The molecule has 0 unspecified atom stereocenters. The first-order valence-electron chi connectivity index (χ1n) is 10.6. The number of hydrogen-bond donors (Lipinski definition) is 1. The summed E-state index contributed by atoms with van der Waals surface area (Å²) >= 11 is 3.21. The lowest BCUT2D eigenvalue weighted by Crippen LogP contribution is -2.22. The van der Waals surface area contributed by atoms with Crippen molar-refractivity contribution < 1.29 is 14.3 Å². The number of hydrogen-bond acceptors (Lipinski definition) is 6. The van der Waals surface area contributed by atoms with Crippen LogP contribution in [0.1, 0.15) is 50.0 Å². The molecule has 7 heteroatoms. The van der Waals surface area contributed by atoms with E-state index in [9.17, 15) is 4.79 Å². The largest absolute Gasteiger partial charge is 0.493 e. The minimum absolute atomic E-state index is 0.00176. The molecule has 5 nitrogen and oxygen atoms in total. The van der Waals surface area contributed by atoms with Gasteiger partial charge in [0.05, 0.1) is 22.8 Å². The molecular weight excluding hydrogens is 428 g/mol. The van der Waals surface area contributed by atoms with Crippen LogP contribution in [-0.4, -0.2) is 30.2 Å². The molecule has 0 spiro atoms. The number of carbonyl (C=O) groups is 1. The highest BCUT2D eigenvalue weighted by molar-refractivity contribution is 8.17. The summed E-state index contributed by atoms with van der Waals surface area (Å²) in [6.45, 7) is 9.44. The minimum Gasteiger partial charge on any atom is -0.493 e. The van der Waals surface area contributed by atoms with Crippen LogP contribution in [0.15, 0.2) is 51.1 Å². The fraction of sp³-hybridized carbons (Fsp3) is 0.417. The Bertz CT molecular complexity index is 934. The van der Waals surface area contributed by atoms with E-state index >= 15 is 0 Å². The molecule has 0 fully saturated rings. The number of amides is 1. The van der Waals surface area contributed by atoms with Gasteiger partial charge in [0.15, 0.2) is 0 Å². The van der Waals surface area contributed by atoms with Crippen molar-refractivity contribution in [2.45, 2.75) is 46.6 Å². The van der Waals surface area contributed by atoms with Crippen LogP contribution in [0.3, 0.4) is 0 Å². The normalized spacial score (nSPS) is 14.1. The first-order valence-corrected chi connectivity index (χ1v) is 12.4. The summed E-state index contributed by atoms with van der Waals surface area (Å²) in [6.07, 6.45) is 3.67. The van der Waals surface area contributed by atoms with Crippen LogP contribution in [0.2, 0.25) is 0 Å². The van der Waals surface area contributed by atoms with Gasteiger partial charge in [-0.2, -0.15) is 11.3 Å². The Morgan fingerprint density at radius 1 is 1.19 bits per heavy atom. The van der Waals surface area contributed by atoms with Crippen molar-refractivity contribution in [2.24, 2.45) is 10.9 Å². The fourth-order valence-corrected chi connectivity index (χ4v) is 4.63. The monoisotopic (exact) mass is 458 g/mol. The van der Waals surface area contributed by atoms with Gasteiger partial charge in [-0.3, -0.25) is 9.79 Å². The van der Waals surface area contributed by atoms with E-state index in [4.69, 9.17) is 9.47 Å². The second-order valence-corrected chi connectivity index (χ2v) is 9.72. The van der Waals surface area contributed by atoms with Crippen LogP contribution >= 0.6 is 23.1 Å². The van der Waals surface area contributed by atoms with Gasteiger partial charge in [-0.15, -0.1) is 0 Å². The number of ether oxygens (including phenoxy) is 2. The number of benzene rings is 1. The lowest BCUT2D eigenvalue weighted by molar-refractivity contribution is 0.0967. The van der Waals surface area contributed by atoms with Crippen LogP contribution in [0, 0.1) is 5.92 Å². The Hall–Kier alpha value is -2.25. The van der Waals surface area contributed by atoms with E-state index in [2.05, 4.69) is 41.0 Å². The molecule has 2 heterocycles. The molecule has 3 rings (SSSR count). The van der Waals surface area contributed by atoms with E-state index in [0.29, 0.717) is 29.6 Å². The fourth-order valence-electron chi connectivity index (χ4n) is 2.97. The number of nitrogens with one attached hydrogen (secondary N) is 1. The standard InChI is InChI=1S/C24H30N2O3S2/c1-16(2)24-25-9-5-6-22(31-24)26-23(27)19-12-20(14-21(13-19)29-17(3)4)28-10-7-18-8-11-30-15-18/h6,8,11-17H,5,7,9-10H2,1-4H3,(H,26,27). The molecule has 1 aliphatic heterocycles. The number of rotatable bonds is 9. The summed E-state index contributed by atoms with van der Waals surface area (Å²) in [6, 6.07) is 7.47. The first kappa shape index (κ1) is 23.4. The maximum absolute atomic E-state index is 13.0. The molecule has 166 valence electrons. The zero-order valence-corrected chi connectivity index (χ0v) is 20.1. The van der Waals surface area contributed by atoms with Crippen molar-refractivity contribution >= 4 is 34.0 Å². The Kier molecular flexibility index (Phi) is 8.60. The van der Waals surface area contributed by atoms with Gasteiger partial charge in [-0.1, -0.05) is 31.7 Å². The van der Waals surface area contributed by atoms with Gasteiger partial charge in [0, 0.05) is 30.5 Å². The molecule has 0 atom stereocenters. The average Bonchev–Trinajstić information content (AvgIpc) is 3.11. The van der Waals surface area contributed by atoms with Gasteiger partial charge < -0.3 is 14.8 Å². The quantitative estimate of drug-likeness (QED) is 0.507. The molecular formula is C24H30N2O3S2. The Morgan fingerprint density at radius 2 is 2.00 bits per heavy atom. The second-order valence-electron chi connectivity index (χ2n) is 7.88. The smallest absolute Gasteiger partial charge is 0.256 e. The van der Waals surface area contributed by atoms with Crippen LogP contribution in [0.25, 0.3) is 0 Å². The van der Waals surface area contributed by atoms with Crippen LogP contribution in [-0.2, 0) is 6.42 Å². The van der Waals surface area contributed by atoms with Crippen molar-refractivity contribution in [3.05, 3.63) is 57.3 Å². The molecule has 31 heavy (non-hydrogen) atoms. The van der Waals surface area contributed by atoms with Crippen molar-refractivity contribution in [3.63, 3.8) is 0 Å². The van der Waals surface area contributed by atoms with E-state index in [-0.39, 0.29) is 12.0 Å². The molecule has 0 saturated heterocycles. The topological polar surface area (TPSA) is 59.9 Å². The van der Waals surface area contributed by atoms with Gasteiger partial charge in [0.25, 0.3) is 5.91 Å². The first-order chi connectivity index (χ1) is 14.9. The van der Waals surface area contributed by atoms with Gasteiger partial charge in [0.2, 0.25) is 0 Å². The third kappa shape index (κ3) is 7.43. The van der Waals surface area contributed by atoms with Gasteiger partial charge in [-0.05, 0) is 54.8 Å². The van der Waals surface area contributed by atoms with Gasteiger partial charge >= 0.3 is 0 Å². The second kappa shape index (κ2) is 11.4. The number of carbonyl (C=O) groups excluding carboxylic acids is 1. The molecule has 1 amide bonds. The van der Waals surface area contributed by atoms with Gasteiger partial charge in [0.1, 0.15) is 11.5 Å². The Labute approximate surface area is 192 Å². The SMILES string of the molecule is CC(C)Oc1cc(OCCc2ccsc2)cc(C(=O)NC2=CCCN=C(C(C)C)S2)c1. The molecule has 1 aliphatic rings. The molecule has 0 radical (unpaired) electrons. The average molecular weight is 459 g/mol. The predicted octanol–water partition coefficient (Wildman–Crippen LogP) is 5.92. The van der Waals surface area contributed by atoms with Crippen molar-refractivity contribution in [1.29, 1.82) is 0 Å². The van der Waals surface area contributed by atoms with Crippen molar-refractivity contribution in [2.75, 3.05) is 13.2 Å². The molecule has 0 saturated carbocycles. The van der Waals surface area contributed by atoms with E-state index in [1.54, 1.807) is 23.5 Å². The summed E-state index contributed by atoms with van der Waals surface area (Å²) < 4.78 is 11.8. The van der Waals surface area contributed by atoms with Crippen LogP contribution in [0.5, 0.6) is 11.5 Å². The summed E-state index contributed by atoms with van der Waals surface area (Å²) in [4.78, 5) is 17.6. The maximum Gasteiger partial charge on any atom is 0.256 e. The summed E-state index contributed by atoms with van der Waals surface area (Å²) in [7, 11) is 0. The Morgan fingerprint density at radius 3 is 2.71 bits per heavy atom. The highest BCUT2D eigenvalue weighted by atomic mass is 32.2. The molecule has 1 aromatic heterocycles. The molecule has 0 aliphatic carbocycles. The highest BCUT2D eigenvalue weighted by Gasteiger charge is 2.17. The zero-order chi connectivity index (χ0) is 22.2. The number of aliphatic imine (C=N–C) groups is 1. The van der Waals surface area contributed by atoms with E-state index in [0.717, 1.165) is 29.5 Å². The summed E-state index contributed by atoms with van der Waals surface area (Å²) in [5.41, 5.74) is 1.76. The Balaban J connectivity index is 1.72. The van der Waals surface area contributed by atoms with E-state index in [1.165, 1.54) is 17.3 Å². The summed E-state index contributed by atoms with van der Waals surface area (Å²) in [5, 5.41) is 9.08. The predicted molar refractivity (Wildman–Crippen MR) is 131 cm³/mol. The summed E-state index contributed by atoms with van der Waals surface area (Å²) in [5.74, 6) is 1.40. The number of nitrogens with zero attached hydrogens (tertiary/aromatic N) is 1. The lowest BCUT2D eigenvalue weighted by Gasteiger charge is -2.15. The number of thiophene rings is 1. The van der Waals surface area contributed by atoms with Crippen LogP contribution in [0.4, 0.5) is 0 Å². The van der Waals surface area contributed by atoms with E-state index in [1.807, 2.05) is 26.0 Å². The molecule has 1 aromatic carbocycles. The third-order valence-electron chi connectivity index (χ3n) is 4.43. The minimum atomic E-state index is -0.180. The van der Waals surface area contributed by atoms with E-state index < -0.39 is 0 Å².